The van der Waals surface area contributed by atoms with Crippen LogP contribution in [0.4, 0.5) is 5.13 Å². The van der Waals surface area contributed by atoms with E-state index in [0.717, 1.165) is 43.5 Å². The standard InChI is InChI=1S/C15H27N3OS/c1-4-9-19-13-7-6-8-18(10-13)15-17-14(11-20-15)12(3)16-5-2/h11-13,16H,4-10H2,1-3H3. The highest BCUT2D eigenvalue weighted by atomic mass is 32.1. The van der Waals surface area contributed by atoms with Crippen molar-refractivity contribution < 1.29 is 4.74 Å². The summed E-state index contributed by atoms with van der Waals surface area (Å²) in [4.78, 5) is 7.18. The van der Waals surface area contributed by atoms with E-state index in [2.05, 4.69) is 36.4 Å². The van der Waals surface area contributed by atoms with Crippen LogP contribution in [0.5, 0.6) is 0 Å². The second kappa shape index (κ2) is 7.96. The zero-order chi connectivity index (χ0) is 14.4. The van der Waals surface area contributed by atoms with Gasteiger partial charge in [0.25, 0.3) is 0 Å². The molecule has 0 radical (unpaired) electrons. The van der Waals surface area contributed by atoms with E-state index in [0.29, 0.717) is 12.1 Å². The van der Waals surface area contributed by atoms with Gasteiger partial charge in [0.05, 0.1) is 11.8 Å². The van der Waals surface area contributed by atoms with Gasteiger partial charge in [0.1, 0.15) is 0 Å². The van der Waals surface area contributed by atoms with Crippen molar-refractivity contribution in [2.24, 2.45) is 0 Å². The topological polar surface area (TPSA) is 37.4 Å². The van der Waals surface area contributed by atoms with Gasteiger partial charge in [-0.3, -0.25) is 0 Å². The van der Waals surface area contributed by atoms with Gasteiger partial charge in [-0.1, -0.05) is 13.8 Å². The van der Waals surface area contributed by atoms with Gasteiger partial charge >= 0.3 is 0 Å². The maximum absolute atomic E-state index is 5.90. The fourth-order valence-corrected chi connectivity index (χ4v) is 3.52. The Morgan fingerprint density at radius 1 is 1.55 bits per heavy atom. The van der Waals surface area contributed by atoms with Crippen LogP contribution < -0.4 is 10.2 Å². The molecule has 1 aromatic rings. The van der Waals surface area contributed by atoms with Gasteiger partial charge in [0.2, 0.25) is 0 Å². The maximum atomic E-state index is 5.90. The lowest BCUT2D eigenvalue weighted by atomic mass is 10.1. The van der Waals surface area contributed by atoms with Crippen LogP contribution in [0.25, 0.3) is 0 Å². The van der Waals surface area contributed by atoms with E-state index in [1.165, 1.54) is 12.8 Å². The summed E-state index contributed by atoms with van der Waals surface area (Å²) in [5.41, 5.74) is 1.16. The molecule has 0 amide bonds. The van der Waals surface area contributed by atoms with Gasteiger partial charge < -0.3 is 15.0 Å². The summed E-state index contributed by atoms with van der Waals surface area (Å²) in [6.45, 7) is 10.4. The number of nitrogens with zero attached hydrogens (tertiary/aromatic N) is 2. The third kappa shape index (κ3) is 4.17. The quantitative estimate of drug-likeness (QED) is 0.838. The van der Waals surface area contributed by atoms with E-state index < -0.39 is 0 Å². The van der Waals surface area contributed by atoms with Crippen LogP contribution in [-0.4, -0.2) is 37.3 Å². The molecular formula is C15H27N3OS. The number of thiazole rings is 1. The molecular weight excluding hydrogens is 270 g/mol. The fourth-order valence-electron chi connectivity index (χ4n) is 2.56. The first-order valence-electron chi connectivity index (χ1n) is 7.80. The van der Waals surface area contributed by atoms with Crippen molar-refractivity contribution in [3.63, 3.8) is 0 Å². The number of hydrogen-bond acceptors (Lipinski definition) is 5. The molecule has 1 aliphatic rings. The van der Waals surface area contributed by atoms with E-state index in [4.69, 9.17) is 9.72 Å². The van der Waals surface area contributed by atoms with Crippen LogP contribution in [0.15, 0.2) is 5.38 Å². The summed E-state index contributed by atoms with van der Waals surface area (Å²) < 4.78 is 5.90. The van der Waals surface area contributed by atoms with E-state index in [9.17, 15) is 0 Å². The smallest absolute Gasteiger partial charge is 0.185 e. The second-order valence-electron chi connectivity index (χ2n) is 5.42. The lowest BCUT2D eigenvalue weighted by Crippen LogP contribution is -2.39. The van der Waals surface area contributed by atoms with Gasteiger partial charge in [-0.15, -0.1) is 11.3 Å². The maximum Gasteiger partial charge on any atom is 0.185 e. The van der Waals surface area contributed by atoms with Crippen molar-refractivity contribution in [3.05, 3.63) is 11.1 Å². The average Bonchev–Trinajstić information content (AvgIpc) is 2.95. The number of hydrogen-bond donors (Lipinski definition) is 1. The molecule has 2 unspecified atom stereocenters. The van der Waals surface area contributed by atoms with Crippen molar-refractivity contribution >= 4 is 16.5 Å². The van der Waals surface area contributed by atoms with Gasteiger partial charge in [-0.25, -0.2) is 4.98 Å². The molecule has 0 aliphatic carbocycles. The van der Waals surface area contributed by atoms with E-state index in [1.807, 2.05) is 0 Å². The van der Waals surface area contributed by atoms with Gasteiger partial charge in [-0.05, 0) is 32.7 Å². The summed E-state index contributed by atoms with van der Waals surface area (Å²) in [7, 11) is 0. The average molecular weight is 297 g/mol. The Morgan fingerprint density at radius 2 is 2.40 bits per heavy atom. The second-order valence-corrected chi connectivity index (χ2v) is 6.25. The number of ether oxygens (including phenoxy) is 1. The van der Waals surface area contributed by atoms with Crippen LogP contribution in [0, 0.1) is 0 Å². The van der Waals surface area contributed by atoms with E-state index in [-0.39, 0.29) is 0 Å². The molecule has 2 atom stereocenters. The van der Waals surface area contributed by atoms with Crippen LogP contribution >= 0.6 is 11.3 Å². The van der Waals surface area contributed by atoms with E-state index >= 15 is 0 Å². The number of nitrogens with one attached hydrogen (secondary N) is 1. The molecule has 0 spiro atoms. The molecule has 2 rings (SSSR count). The summed E-state index contributed by atoms with van der Waals surface area (Å²) in [6, 6.07) is 0.335. The molecule has 1 aliphatic heterocycles. The van der Waals surface area contributed by atoms with Crippen molar-refractivity contribution in [1.82, 2.24) is 10.3 Å². The summed E-state index contributed by atoms with van der Waals surface area (Å²) in [5.74, 6) is 0. The van der Waals surface area contributed by atoms with Crippen molar-refractivity contribution in [2.45, 2.75) is 52.2 Å². The highest BCUT2D eigenvalue weighted by Crippen LogP contribution is 2.27. The Bertz CT molecular complexity index is 396. The lowest BCUT2D eigenvalue weighted by molar-refractivity contribution is 0.0440. The number of anilines is 1. The molecule has 1 fully saturated rings. The van der Waals surface area contributed by atoms with Crippen LogP contribution in [0.2, 0.25) is 0 Å². The molecule has 1 saturated heterocycles. The van der Waals surface area contributed by atoms with Crippen molar-refractivity contribution in [1.29, 1.82) is 0 Å². The Morgan fingerprint density at radius 3 is 3.15 bits per heavy atom. The number of rotatable bonds is 7. The molecule has 1 aromatic heterocycles. The predicted octanol–water partition coefficient (Wildman–Crippen LogP) is 3.21. The van der Waals surface area contributed by atoms with Gasteiger partial charge in [-0.2, -0.15) is 0 Å². The Balaban J connectivity index is 1.93. The largest absolute Gasteiger partial charge is 0.376 e. The first kappa shape index (κ1) is 15.7. The zero-order valence-electron chi connectivity index (χ0n) is 12.9. The SMILES string of the molecule is CCCOC1CCCN(c2nc(C(C)NCC)cs2)C1. The molecule has 0 bridgehead atoms. The van der Waals surface area contributed by atoms with Crippen LogP contribution in [0.3, 0.4) is 0 Å². The number of aromatic nitrogens is 1. The highest BCUT2D eigenvalue weighted by Gasteiger charge is 2.23. The van der Waals surface area contributed by atoms with E-state index in [1.54, 1.807) is 11.3 Å². The zero-order valence-corrected chi connectivity index (χ0v) is 13.7. The van der Waals surface area contributed by atoms with Gasteiger partial charge in [0, 0.05) is 31.1 Å². The molecule has 2 heterocycles. The minimum absolute atomic E-state index is 0.335. The molecule has 0 aromatic carbocycles. The Hall–Kier alpha value is -0.650. The molecule has 0 saturated carbocycles. The predicted molar refractivity (Wildman–Crippen MR) is 85.7 cm³/mol. The lowest BCUT2D eigenvalue weighted by Gasteiger charge is -2.32. The van der Waals surface area contributed by atoms with Crippen LogP contribution in [-0.2, 0) is 4.74 Å². The van der Waals surface area contributed by atoms with Crippen molar-refractivity contribution in [3.8, 4) is 0 Å². The summed E-state index contributed by atoms with van der Waals surface area (Å²) in [6.07, 6.45) is 3.86. The molecule has 4 nitrogen and oxygen atoms in total. The minimum Gasteiger partial charge on any atom is -0.376 e. The highest BCUT2D eigenvalue weighted by molar-refractivity contribution is 7.13. The normalized spacial score (nSPS) is 21.1. The number of piperidine rings is 1. The Kier molecular flexibility index (Phi) is 6.26. The Labute approximate surface area is 126 Å². The first-order chi connectivity index (χ1) is 9.74. The monoisotopic (exact) mass is 297 g/mol. The third-order valence-electron chi connectivity index (χ3n) is 3.67. The third-order valence-corrected chi connectivity index (χ3v) is 4.59. The minimum atomic E-state index is 0.335. The summed E-state index contributed by atoms with van der Waals surface area (Å²) in [5, 5.41) is 6.74. The first-order valence-corrected chi connectivity index (χ1v) is 8.67. The van der Waals surface area contributed by atoms with Gasteiger partial charge in [0.15, 0.2) is 5.13 Å². The molecule has 20 heavy (non-hydrogen) atoms. The molecule has 114 valence electrons. The van der Waals surface area contributed by atoms with Crippen molar-refractivity contribution in [2.75, 3.05) is 31.1 Å². The summed E-state index contributed by atoms with van der Waals surface area (Å²) >= 11 is 1.76. The fraction of sp³-hybridized carbons (Fsp3) is 0.800. The molecule has 1 N–H and O–H groups in total. The molecule has 5 heteroatoms. The van der Waals surface area contributed by atoms with Crippen LogP contribution in [0.1, 0.15) is 51.8 Å².